The lowest BCUT2D eigenvalue weighted by Gasteiger charge is -2.36. The van der Waals surface area contributed by atoms with Crippen molar-refractivity contribution in [1.82, 2.24) is 25.2 Å². The first kappa shape index (κ1) is 37.9. The second kappa shape index (κ2) is 13.7. The van der Waals surface area contributed by atoms with E-state index in [0.29, 0.717) is 62.8 Å². The number of alkyl carbamates (subject to hydrolysis) is 1. The molecule has 17 heteroatoms. The van der Waals surface area contributed by atoms with Crippen molar-refractivity contribution < 1.29 is 50.2 Å². The van der Waals surface area contributed by atoms with Crippen LogP contribution < -0.4 is 20.1 Å². The summed E-state index contributed by atoms with van der Waals surface area (Å²) in [5.74, 6) is -2.29. The smallest absolute Gasteiger partial charge is 0.422 e. The Balaban J connectivity index is 1.22. The number of ether oxygens (including phenoxy) is 2. The van der Waals surface area contributed by atoms with Crippen LogP contribution in [0.15, 0.2) is 36.4 Å². The lowest BCUT2D eigenvalue weighted by Crippen LogP contribution is -2.58. The maximum Gasteiger partial charge on any atom is 0.422 e. The van der Waals surface area contributed by atoms with Gasteiger partial charge in [-0.2, -0.15) is 13.2 Å². The Morgan fingerprint density at radius 1 is 1.11 bits per heavy atom. The van der Waals surface area contributed by atoms with Crippen molar-refractivity contribution in [3.05, 3.63) is 47.7 Å². The van der Waals surface area contributed by atoms with Gasteiger partial charge in [-0.1, -0.05) is 43.2 Å². The molecular formula is C37H44F3N5O8S. The number of nitrogens with zero attached hydrogens (tertiary/aromatic N) is 2. The van der Waals surface area contributed by atoms with E-state index in [-0.39, 0.29) is 25.8 Å². The predicted molar refractivity (Wildman–Crippen MR) is 189 cm³/mol. The molecule has 1 spiro atoms. The van der Waals surface area contributed by atoms with Crippen molar-refractivity contribution in [3.63, 3.8) is 0 Å². The van der Waals surface area contributed by atoms with Gasteiger partial charge in [-0.15, -0.1) is 0 Å². The van der Waals surface area contributed by atoms with E-state index in [1.54, 1.807) is 13.0 Å². The summed E-state index contributed by atoms with van der Waals surface area (Å²) in [6.07, 6.45) is 1.59. The lowest BCUT2D eigenvalue weighted by atomic mass is 9.87. The van der Waals surface area contributed by atoms with E-state index in [1.807, 2.05) is 37.3 Å². The maximum absolute atomic E-state index is 14.5. The van der Waals surface area contributed by atoms with Crippen molar-refractivity contribution in [3.8, 4) is 5.75 Å². The Hall–Kier alpha value is -4.41. The summed E-state index contributed by atoms with van der Waals surface area (Å²) in [6.45, 7) is 1.40. The number of rotatable bonds is 5. The minimum atomic E-state index is -4.79. The summed E-state index contributed by atoms with van der Waals surface area (Å²) in [4.78, 5) is 61.4. The molecule has 1 aromatic carbocycles. The summed E-state index contributed by atoms with van der Waals surface area (Å²) >= 11 is 0. The number of para-hydroxylation sites is 1. The minimum absolute atomic E-state index is 0.0178. The molecule has 292 valence electrons. The Bertz CT molecular complexity index is 2020. The number of amides is 4. The van der Waals surface area contributed by atoms with Gasteiger partial charge in [-0.05, 0) is 71.3 Å². The molecule has 4 heterocycles. The van der Waals surface area contributed by atoms with Crippen LogP contribution in [0.2, 0.25) is 0 Å². The van der Waals surface area contributed by atoms with Crippen LogP contribution in [0.1, 0.15) is 82.4 Å². The molecule has 5 aliphatic rings. The van der Waals surface area contributed by atoms with Crippen LogP contribution in [0.5, 0.6) is 5.75 Å². The quantitative estimate of drug-likeness (QED) is 0.376. The third-order valence-corrected chi connectivity index (χ3v) is 13.7. The average molecular weight is 776 g/mol. The van der Waals surface area contributed by atoms with Crippen LogP contribution in [0.25, 0.3) is 10.9 Å². The van der Waals surface area contributed by atoms with Gasteiger partial charge < -0.3 is 25.0 Å². The van der Waals surface area contributed by atoms with Gasteiger partial charge in [0.15, 0.2) is 6.61 Å². The third kappa shape index (κ3) is 7.35. The van der Waals surface area contributed by atoms with E-state index >= 15 is 0 Å². The van der Waals surface area contributed by atoms with E-state index < -0.39 is 80.5 Å². The third-order valence-electron chi connectivity index (χ3n) is 11.5. The molecule has 3 N–H and O–H groups in total. The summed E-state index contributed by atoms with van der Waals surface area (Å²) < 4.78 is 77.1. The molecule has 5 atom stereocenters. The first-order valence-electron chi connectivity index (χ1n) is 18.4. The van der Waals surface area contributed by atoms with E-state index in [1.165, 1.54) is 4.90 Å². The number of carbonyl (C=O) groups is 4. The van der Waals surface area contributed by atoms with Gasteiger partial charge in [0.25, 0.3) is 5.91 Å². The van der Waals surface area contributed by atoms with Crippen molar-refractivity contribution in [2.24, 2.45) is 5.92 Å². The number of aryl methyl sites for hydroxylation is 2. The van der Waals surface area contributed by atoms with Crippen LogP contribution in [-0.2, 0) is 35.6 Å². The molecule has 2 aliphatic carbocycles. The lowest BCUT2D eigenvalue weighted by molar-refractivity contribution is -0.160. The molecule has 2 saturated carbocycles. The van der Waals surface area contributed by atoms with Crippen LogP contribution in [0.3, 0.4) is 0 Å². The monoisotopic (exact) mass is 775 g/mol. The van der Waals surface area contributed by atoms with Gasteiger partial charge in [0.2, 0.25) is 21.8 Å². The van der Waals surface area contributed by atoms with Crippen LogP contribution in [0.4, 0.5) is 18.0 Å². The van der Waals surface area contributed by atoms with Crippen molar-refractivity contribution in [2.75, 3.05) is 13.2 Å². The fourth-order valence-corrected chi connectivity index (χ4v) is 9.29. The maximum atomic E-state index is 14.5. The SMILES string of the molecule is Cc1nc2ccccc2c2c1O[C@]1(CC2)C[C@H]2C(=O)N[C@]3(C(=O)NS(=O)(=O)C4(C)CC4)C[C@H]3/C=C\CCCCC[C@H](NC(=O)OCC(F)(F)F)C(=O)N2C1. The van der Waals surface area contributed by atoms with E-state index in [2.05, 4.69) is 20.1 Å². The molecular weight excluding hydrogens is 731 g/mol. The van der Waals surface area contributed by atoms with Crippen LogP contribution >= 0.6 is 0 Å². The summed E-state index contributed by atoms with van der Waals surface area (Å²) in [6, 6.07) is 5.04. The number of nitrogens with one attached hydrogen (secondary N) is 3. The predicted octanol–water partition coefficient (Wildman–Crippen LogP) is 4.26. The van der Waals surface area contributed by atoms with Gasteiger partial charge in [0, 0.05) is 23.3 Å². The largest absolute Gasteiger partial charge is 0.483 e. The van der Waals surface area contributed by atoms with E-state index in [4.69, 9.17) is 9.72 Å². The molecule has 0 unspecified atom stereocenters. The average Bonchev–Trinajstić information content (AvgIpc) is 4.00. The molecule has 7 rings (SSSR count). The van der Waals surface area contributed by atoms with E-state index in [9.17, 15) is 40.8 Å². The van der Waals surface area contributed by atoms with Gasteiger partial charge in [-0.3, -0.25) is 19.1 Å². The molecule has 4 amide bonds. The number of hydrogen-bond acceptors (Lipinski definition) is 9. The van der Waals surface area contributed by atoms with Gasteiger partial charge in [0.1, 0.15) is 29.0 Å². The zero-order valence-corrected chi connectivity index (χ0v) is 30.9. The number of hydrogen-bond donors (Lipinski definition) is 3. The molecule has 54 heavy (non-hydrogen) atoms. The first-order valence-corrected chi connectivity index (χ1v) is 19.9. The van der Waals surface area contributed by atoms with E-state index in [0.717, 1.165) is 16.5 Å². The summed E-state index contributed by atoms with van der Waals surface area (Å²) in [5, 5.41) is 6.04. The highest BCUT2D eigenvalue weighted by Gasteiger charge is 2.64. The number of alkyl halides is 3. The first-order chi connectivity index (χ1) is 25.4. The second-order valence-electron chi connectivity index (χ2n) is 15.6. The summed E-state index contributed by atoms with van der Waals surface area (Å²) in [5.41, 5.74) is -0.361. The van der Waals surface area contributed by atoms with Crippen LogP contribution in [0, 0.1) is 12.8 Å². The minimum Gasteiger partial charge on any atom is -0.483 e. The van der Waals surface area contributed by atoms with Crippen molar-refractivity contribution in [2.45, 2.75) is 119 Å². The Morgan fingerprint density at radius 2 is 1.87 bits per heavy atom. The fourth-order valence-electron chi connectivity index (χ4n) is 7.97. The number of allylic oxidation sites excluding steroid dienone is 1. The molecule has 3 aliphatic heterocycles. The molecule has 0 radical (unpaired) electrons. The number of pyridine rings is 1. The number of carbonyl (C=O) groups excluding carboxylic acids is 4. The number of halogens is 3. The zero-order valence-electron chi connectivity index (χ0n) is 30.1. The molecule has 1 aromatic heterocycles. The van der Waals surface area contributed by atoms with Crippen molar-refractivity contribution in [1.29, 1.82) is 0 Å². The zero-order chi connectivity index (χ0) is 38.7. The number of sulfonamides is 1. The number of fused-ring (bicyclic) bond motifs is 5. The standard InChI is InChI=1S/C37H44F3N5O8S/c1-22-29-25(24-11-8-9-12-26(24)41-22)14-15-35(53-29)19-28-30(46)43-36(32(48)44-54(50,51)34(2)16-17-34)18-23(36)10-6-4-3-5-7-13-27(31(47)45(28)20-35)42-33(49)52-21-37(38,39)40/h6,8-12,23,27-28H,3-5,7,13-21H2,1-2H3,(H,42,49)(H,43,46)(H,44,48)/b10-6-/t23-,27+,28+,35-,36-/m1/s1. The Morgan fingerprint density at radius 3 is 2.61 bits per heavy atom. The van der Waals surface area contributed by atoms with Crippen molar-refractivity contribution >= 4 is 44.7 Å². The molecule has 13 nitrogen and oxygen atoms in total. The fraction of sp³-hybridized carbons (Fsp3) is 0.595. The number of benzene rings is 1. The van der Waals surface area contributed by atoms with Crippen LogP contribution in [-0.4, -0.2) is 89.4 Å². The normalized spacial score (nSPS) is 30.0. The highest BCUT2D eigenvalue weighted by Crippen LogP contribution is 2.49. The number of aromatic nitrogens is 1. The molecule has 2 aromatic rings. The second-order valence-corrected chi connectivity index (χ2v) is 17.8. The Labute approximate surface area is 310 Å². The summed E-state index contributed by atoms with van der Waals surface area (Å²) in [7, 11) is -4.05. The van der Waals surface area contributed by atoms with Gasteiger partial charge >= 0.3 is 12.3 Å². The Kier molecular flexibility index (Phi) is 9.62. The molecule has 1 saturated heterocycles. The highest BCUT2D eigenvalue weighted by atomic mass is 32.2. The molecule has 0 bridgehead atoms. The molecule has 3 fully saturated rings. The van der Waals surface area contributed by atoms with Gasteiger partial charge in [0.05, 0.1) is 22.5 Å². The van der Waals surface area contributed by atoms with Gasteiger partial charge in [-0.25, -0.2) is 18.2 Å². The topological polar surface area (TPSA) is 173 Å². The highest BCUT2D eigenvalue weighted by molar-refractivity contribution is 7.91.